The van der Waals surface area contributed by atoms with E-state index < -0.39 is 48.2 Å². The number of carbonyl (C=O) groups excluding carboxylic acids is 1. The number of alkyl halides is 6. The first kappa shape index (κ1) is 28.9. The minimum absolute atomic E-state index is 0.0306. The zero-order chi connectivity index (χ0) is 28.4. The van der Waals surface area contributed by atoms with Crippen molar-refractivity contribution >= 4 is 29.7 Å². The van der Waals surface area contributed by atoms with Gasteiger partial charge in [-0.3, -0.25) is 4.79 Å². The Balaban J connectivity index is 2.69. The molecule has 0 unspecified atom stereocenters. The van der Waals surface area contributed by atoms with E-state index in [-0.39, 0.29) is 39.7 Å². The zero-order valence-electron chi connectivity index (χ0n) is 20.5. The number of hydrogen-bond acceptors (Lipinski definition) is 5. The van der Waals surface area contributed by atoms with E-state index in [4.69, 9.17) is 24.7 Å². The van der Waals surface area contributed by atoms with Crippen LogP contribution < -0.4 is 40.6 Å². The van der Waals surface area contributed by atoms with Gasteiger partial charge in [-0.2, -0.15) is 26.3 Å². The van der Waals surface area contributed by atoms with Crippen LogP contribution in [0.1, 0.15) is 21.5 Å². The summed E-state index contributed by atoms with van der Waals surface area (Å²) in [5.41, 5.74) is 1.07. The van der Waals surface area contributed by atoms with Crippen molar-refractivity contribution in [1.82, 2.24) is 0 Å². The number of carbonyl (C=O) groups is 1. The first-order valence-corrected chi connectivity index (χ1v) is 12.0. The van der Waals surface area contributed by atoms with Crippen LogP contribution in [0.3, 0.4) is 0 Å². The maximum absolute atomic E-state index is 14.5. The summed E-state index contributed by atoms with van der Waals surface area (Å²) < 4.78 is 106. The lowest BCUT2D eigenvalue weighted by atomic mass is 10.0. The van der Waals surface area contributed by atoms with Gasteiger partial charge in [0.2, 0.25) is 5.91 Å². The molecule has 0 saturated heterocycles. The number of methoxy groups -OCH3 is 4. The largest absolute Gasteiger partial charge is 0.496 e. The standard InChI is InChI=1S/C25H22F6NO5P/c1-34-16-7-5-8-17(35-2)21(16)38(22-18(36-3)9-6-10-19(22)37-4)20-14(23(32)33)11-13(24(26,27)28)12-15(20)25(29,30)31/h5-12H,1-4H3,(H2,32,33). The molecule has 204 valence electrons. The van der Waals surface area contributed by atoms with Crippen molar-refractivity contribution in [3.8, 4) is 23.0 Å². The zero-order valence-corrected chi connectivity index (χ0v) is 21.3. The molecule has 0 aliphatic carbocycles. The fraction of sp³-hybridized carbons (Fsp3) is 0.240. The Morgan fingerprint density at radius 3 is 1.37 bits per heavy atom. The van der Waals surface area contributed by atoms with Crippen molar-refractivity contribution in [2.75, 3.05) is 28.4 Å². The van der Waals surface area contributed by atoms with Crippen LogP contribution in [0.5, 0.6) is 23.0 Å². The third kappa shape index (κ3) is 5.45. The molecule has 3 aromatic carbocycles. The highest BCUT2D eigenvalue weighted by Gasteiger charge is 2.44. The fourth-order valence-electron chi connectivity index (χ4n) is 3.88. The van der Waals surface area contributed by atoms with Crippen molar-refractivity contribution in [3.05, 3.63) is 65.2 Å². The van der Waals surface area contributed by atoms with Crippen LogP contribution in [-0.2, 0) is 12.4 Å². The van der Waals surface area contributed by atoms with Gasteiger partial charge in [-0.15, -0.1) is 0 Å². The van der Waals surface area contributed by atoms with Gasteiger partial charge < -0.3 is 24.7 Å². The maximum Gasteiger partial charge on any atom is 0.417 e. The Kier molecular flexibility index (Phi) is 8.36. The number of nitrogens with two attached hydrogens (primary N) is 1. The normalized spacial score (nSPS) is 11.9. The molecule has 0 radical (unpaired) electrons. The lowest BCUT2D eigenvalue weighted by Gasteiger charge is -2.30. The van der Waals surface area contributed by atoms with Gasteiger partial charge in [-0.05, 0) is 36.4 Å². The second-order valence-electron chi connectivity index (χ2n) is 7.64. The van der Waals surface area contributed by atoms with Crippen LogP contribution in [0.2, 0.25) is 0 Å². The smallest absolute Gasteiger partial charge is 0.417 e. The molecule has 6 nitrogen and oxygen atoms in total. The predicted molar refractivity (Wildman–Crippen MR) is 130 cm³/mol. The van der Waals surface area contributed by atoms with E-state index in [2.05, 4.69) is 0 Å². The van der Waals surface area contributed by atoms with E-state index in [0.29, 0.717) is 6.07 Å². The quantitative estimate of drug-likeness (QED) is 0.321. The maximum atomic E-state index is 14.5. The van der Waals surface area contributed by atoms with E-state index in [1.165, 1.54) is 64.8 Å². The summed E-state index contributed by atoms with van der Waals surface area (Å²) >= 11 is 0. The summed E-state index contributed by atoms with van der Waals surface area (Å²) in [5.74, 6) is -1.30. The molecule has 0 spiro atoms. The van der Waals surface area contributed by atoms with Crippen molar-refractivity contribution in [1.29, 1.82) is 0 Å². The van der Waals surface area contributed by atoms with Crippen LogP contribution in [-0.4, -0.2) is 34.3 Å². The van der Waals surface area contributed by atoms with Crippen molar-refractivity contribution in [2.24, 2.45) is 5.73 Å². The van der Waals surface area contributed by atoms with Crippen LogP contribution in [0, 0.1) is 0 Å². The number of benzene rings is 3. The summed E-state index contributed by atoms with van der Waals surface area (Å²) in [6.45, 7) is 0. The van der Waals surface area contributed by atoms with Crippen molar-refractivity contribution in [3.63, 3.8) is 0 Å². The average Bonchev–Trinajstić information content (AvgIpc) is 2.87. The van der Waals surface area contributed by atoms with Gasteiger partial charge in [-0.1, -0.05) is 12.1 Å². The number of rotatable bonds is 8. The molecule has 0 saturated carbocycles. The summed E-state index contributed by atoms with van der Waals surface area (Å²) in [6.07, 6.45) is -10.5. The molecule has 13 heteroatoms. The van der Waals surface area contributed by atoms with Gasteiger partial charge >= 0.3 is 12.4 Å². The SMILES string of the molecule is COc1cccc(OC)c1P(c1c(OC)cccc1OC)c1c(C(N)=O)cc(C(F)(F)F)cc1C(F)(F)F. The molecule has 3 aromatic rings. The molecule has 38 heavy (non-hydrogen) atoms. The van der Waals surface area contributed by atoms with Gasteiger partial charge in [0, 0.05) is 18.8 Å². The molecular weight excluding hydrogens is 539 g/mol. The molecule has 0 atom stereocenters. The molecule has 1 amide bonds. The van der Waals surface area contributed by atoms with E-state index in [9.17, 15) is 31.1 Å². The number of halogens is 6. The Hall–Kier alpha value is -3.66. The minimum atomic E-state index is -5.33. The number of hydrogen-bond donors (Lipinski definition) is 1. The molecule has 0 aromatic heterocycles. The van der Waals surface area contributed by atoms with Gasteiger partial charge in [-0.25, -0.2) is 0 Å². The van der Waals surface area contributed by atoms with Crippen molar-refractivity contribution < 1.29 is 50.1 Å². The highest BCUT2D eigenvalue weighted by atomic mass is 31.1. The van der Waals surface area contributed by atoms with Crippen LogP contribution in [0.25, 0.3) is 0 Å². The number of primary amides is 1. The molecule has 0 aliphatic heterocycles. The average molecular weight is 561 g/mol. The Morgan fingerprint density at radius 1 is 0.684 bits per heavy atom. The van der Waals surface area contributed by atoms with Gasteiger partial charge in [0.25, 0.3) is 0 Å². The summed E-state index contributed by atoms with van der Waals surface area (Å²) in [4.78, 5) is 12.5. The predicted octanol–water partition coefficient (Wildman–Crippen LogP) is 4.62. The monoisotopic (exact) mass is 561 g/mol. The van der Waals surface area contributed by atoms with E-state index >= 15 is 0 Å². The topological polar surface area (TPSA) is 80.0 Å². The first-order chi connectivity index (χ1) is 17.8. The van der Waals surface area contributed by atoms with Crippen LogP contribution in [0.15, 0.2) is 48.5 Å². The summed E-state index contributed by atoms with van der Waals surface area (Å²) in [5, 5.41) is -0.732. The van der Waals surface area contributed by atoms with Crippen LogP contribution in [0.4, 0.5) is 26.3 Å². The van der Waals surface area contributed by atoms with Crippen molar-refractivity contribution in [2.45, 2.75) is 12.4 Å². The summed E-state index contributed by atoms with van der Waals surface area (Å²) in [6, 6.07) is 9.06. The molecule has 0 aliphatic rings. The molecule has 3 rings (SSSR count). The molecule has 2 N–H and O–H groups in total. The number of ether oxygens (including phenoxy) is 4. The lowest BCUT2D eigenvalue weighted by Crippen LogP contribution is -2.35. The van der Waals surface area contributed by atoms with Gasteiger partial charge in [0.1, 0.15) is 23.0 Å². The highest BCUT2D eigenvalue weighted by molar-refractivity contribution is 7.80. The second kappa shape index (κ2) is 11.0. The molecule has 0 fully saturated rings. The molecule has 0 heterocycles. The third-order valence-electron chi connectivity index (χ3n) is 5.48. The van der Waals surface area contributed by atoms with Crippen LogP contribution >= 0.6 is 7.92 Å². The second-order valence-corrected chi connectivity index (χ2v) is 9.65. The molecule has 0 bridgehead atoms. The number of amides is 1. The van der Waals surface area contributed by atoms with E-state index in [1.54, 1.807) is 0 Å². The van der Waals surface area contributed by atoms with Gasteiger partial charge in [0.05, 0.1) is 50.2 Å². The van der Waals surface area contributed by atoms with E-state index in [0.717, 1.165) is 0 Å². The van der Waals surface area contributed by atoms with E-state index in [1.807, 2.05) is 0 Å². The summed E-state index contributed by atoms with van der Waals surface area (Å²) in [7, 11) is 2.42. The fourth-order valence-corrected chi connectivity index (χ4v) is 6.95. The third-order valence-corrected chi connectivity index (χ3v) is 8.19. The molecular formula is C25H22F6NO5P. The Morgan fingerprint density at radius 2 is 1.08 bits per heavy atom. The first-order valence-electron chi connectivity index (χ1n) is 10.6. The Labute approximate surface area is 215 Å². The van der Waals surface area contributed by atoms with Gasteiger partial charge in [0.15, 0.2) is 0 Å². The highest BCUT2D eigenvalue weighted by Crippen LogP contribution is 2.50. The Bertz CT molecular complexity index is 1240. The minimum Gasteiger partial charge on any atom is -0.496 e. The lowest BCUT2D eigenvalue weighted by molar-refractivity contribution is -0.142.